The molecule has 7 heteroatoms. The zero-order valence-corrected chi connectivity index (χ0v) is 15.6. The van der Waals surface area contributed by atoms with Crippen LogP contribution in [0.25, 0.3) is 0 Å². The van der Waals surface area contributed by atoms with Crippen molar-refractivity contribution in [2.24, 2.45) is 0 Å². The molecule has 2 aromatic rings. The number of halogens is 3. The van der Waals surface area contributed by atoms with Gasteiger partial charge in [0.1, 0.15) is 12.4 Å². The summed E-state index contributed by atoms with van der Waals surface area (Å²) in [7, 11) is 0. The molecule has 0 heterocycles. The van der Waals surface area contributed by atoms with Gasteiger partial charge in [0.2, 0.25) is 0 Å². The lowest BCUT2D eigenvalue weighted by Crippen LogP contribution is -2.20. The first-order chi connectivity index (χ1) is 11.5. The van der Waals surface area contributed by atoms with Crippen molar-refractivity contribution in [1.29, 1.82) is 0 Å². The summed E-state index contributed by atoms with van der Waals surface area (Å²) in [6.07, 6.45) is 1.65. The molecule has 2 aromatic carbocycles. The van der Waals surface area contributed by atoms with Crippen LogP contribution in [0.15, 0.2) is 53.5 Å². The van der Waals surface area contributed by atoms with E-state index in [1.807, 2.05) is 0 Å². The van der Waals surface area contributed by atoms with E-state index < -0.39 is 0 Å². The maximum absolute atomic E-state index is 12.0. The highest BCUT2D eigenvalue weighted by atomic mass is 79.9. The lowest BCUT2D eigenvalue weighted by atomic mass is 10.3. The molecule has 1 N–H and O–H groups in total. The lowest BCUT2D eigenvalue weighted by molar-refractivity contribution is -0.118. The molecule has 0 fully saturated rings. The van der Waals surface area contributed by atoms with E-state index in [4.69, 9.17) is 32.7 Å². The summed E-state index contributed by atoms with van der Waals surface area (Å²) in [6, 6.07) is 10.2. The van der Waals surface area contributed by atoms with Gasteiger partial charge < -0.3 is 14.8 Å². The van der Waals surface area contributed by atoms with Gasteiger partial charge in [0.05, 0.1) is 9.50 Å². The average Bonchev–Trinajstić information content (AvgIpc) is 2.52. The molecule has 0 saturated heterocycles. The summed E-state index contributed by atoms with van der Waals surface area (Å²) in [6.45, 7) is 3.78. The number of carbonyl (C=O) groups excluding carboxylic acids is 1. The van der Waals surface area contributed by atoms with Gasteiger partial charge in [-0.05, 0) is 40.2 Å². The number of rotatable bonds is 7. The van der Waals surface area contributed by atoms with Gasteiger partial charge in [0.15, 0.2) is 12.4 Å². The van der Waals surface area contributed by atoms with E-state index in [0.717, 1.165) is 0 Å². The van der Waals surface area contributed by atoms with Crippen molar-refractivity contribution < 1.29 is 14.3 Å². The molecule has 24 heavy (non-hydrogen) atoms. The second kappa shape index (κ2) is 8.97. The van der Waals surface area contributed by atoms with E-state index in [-0.39, 0.29) is 12.5 Å². The van der Waals surface area contributed by atoms with Crippen molar-refractivity contribution in [2.45, 2.75) is 0 Å². The Hall–Kier alpha value is -1.69. The van der Waals surface area contributed by atoms with Gasteiger partial charge in [-0.15, -0.1) is 0 Å². The number of amides is 1. The van der Waals surface area contributed by atoms with E-state index in [1.54, 1.807) is 42.5 Å². The third-order valence-corrected chi connectivity index (χ3v) is 3.88. The molecule has 0 bridgehead atoms. The summed E-state index contributed by atoms with van der Waals surface area (Å²) in [5.74, 6) is 0.671. The smallest absolute Gasteiger partial charge is 0.262 e. The molecule has 0 saturated carbocycles. The minimum atomic E-state index is -0.325. The summed E-state index contributed by atoms with van der Waals surface area (Å²) >= 11 is 15.2. The van der Waals surface area contributed by atoms with Crippen molar-refractivity contribution in [1.82, 2.24) is 0 Å². The minimum absolute atomic E-state index is 0.197. The van der Waals surface area contributed by atoms with Gasteiger partial charge in [-0.2, -0.15) is 0 Å². The first-order valence-electron chi connectivity index (χ1n) is 6.90. The number of hydrogen-bond donors (Lipinski definition) is 1. The number of nitrogens with one attached hydrogen (secondary N) is 1. The van der Waals surface area contributed by atoms with Crippen LogP contribution in [-0.2, 0) is 4.79 Å². The highest BCUT2D eigenvalue weighted by Crippen LogP contribution is 2.36. The monoisotopic (exact) mass is 429 g/mol. The molecule has 0 unspecified atom stereocenters. The van der Waals surface area contributed by atoms with Crippen LogP contribution < -0.4 is 14.8 Å². The van der Waals surface area contributed by atoms with E-state index in [1.165, 1.54) is 0 Å². The van der Waals surface area contributed by atoms with Gasteiger partial charge in [-0.3, -0.25) is 4.79 Å². The Kier molecular flexibility index (Phi) is 6.97. The van der Waals surface area contributed by atoms with Crippen LogP contribution in [0.4, 0.5) is 5.69 Å². The van der Waals surface area contributed by atoms with Crippen LogP contribution in [0, 0.1) is 0 Å². The molecule has 0 aliphatic heterocycles. The first kappa shape index (κ1) is 18.6. The topological polar surface area (TPSA) is 47.6 Å². The van der Waals surface area contributed by atoms with Crippen LogP contribution in [0.2, 0.25) is 10.0 Å². The van der Waals surface area contributed by atoms with Gasteiger partial charge in [-0.25, -0.2) is 0 Å². The number of ether oxygens (including phenoxy) is 2. The molecular weight excluding hydrogens is 417 g/mol. The Labute approximate surface area is 158 Å². The van der Waals surface area contributed by atoms with Gasteiger partial charge in [-0.1, -0.05) is 41.9 Å². The minimum Gasteiger partial charge on any atom is -0.489 e. The SMILES string of the molecule is C=CCOc1cccc(NC(=O)COc2c(Cl)cc(Cl)cc2Br)c1. The van der Waals surface area contributed by atoms with Crippen molar-refractivity contribution >= 4 is 50.7 Å². The number of carbonyl (C=O) groups is 1. The van der Waals surface area contributed by atoms with Crippen LogP contribution in [0.1, 0.15) is 0 Å². The molecule has 0 aromatic heterocycles. The van der Waals surface area contributed by atoms with Crippen LogP contribution in [-0.4, -0.2) is 19.1 Å². The standard InChI is InChI=1S/C17H14BrCl2NO3/c1-2-6-23-13-5-3-4-12(9-13)21-16(22)10-24-17-14(18)7-11(19)8-15(17)20/h2-5,7-9H,1,6,10H2,(H,21,22). The second-order valence-electron chi connectivity index (χ2n) is 4.66. The lowest BCUT2D eigenvalue weighted by Gasteiger charge is -2.11. The Morgan fingerprint density at radius 2 is 2.04 bits per heavy atom. The van der Waals surface area contributed by atoms with E-state index >= 15 is 0 Å². The van der Waals surface area contributed by atoms with Crippen LogP contribution >= 0.6 is 39.1 Å². The normalized spacial score (nSPS) is 10.1. The fourth-order valence-electron chi connectivity index (χ4n) is 1.82. The maximum atomic E-state index is 12.0. The van der Waals surface area contributed by atoms with E-state index in [0.29, 0.717) is 38.3 Å². The fourth-order valence-corrected chi connectivity index (χ4v) is 3.19. The largest absolute Gasteiger partial charge is 0.489 e. The van der Waals surface area contributed by atoms with Crippen molar-refractivity contribution in [3.05, 3.63) is 63.6 Å². The Morgan fingerprint density at radius 1 is 1.25 bits per heavy atom. The van der Waals surface area contributed by atoms with E-state index in [2.05, 4.69) is 27.8 Å². The molecule has 126 valence electrons. The van der Waals surface area contributed by atoms with E-state index in [9.17, 15) is 4.79 Å². The summed E-state index contributed by atoms with van der Waals surface area (Å²) in [5, 5.41) is 3.52. The van der Waals surface area contributed by atoms with Gasteiger partial charge in [0.25, 0.3) is 5.91 Å². The number of benzene rings is 2. The predicted molar refractivity (Wildman–Crippen MR) is 100 cm³/mol. The summed E-state index contributed by atoms with van der Waals surface area (Å²) in [5.41, 5.74) is 0.603. The third kappa shape index (κ3) is 5.44. The molecule has 4 nitrogen and oxygen atoms in total. The molecule has 0 aliphatic carbocycles. The van der Waals surface area contributed by atoms with Crippen LogP contribution in [0.5, 0.6) is 11.5 Å². The van der Waals surface area contributed by atoms with Crippen molar-refractivity contribution in [3.63, 3.8) is 0 Å². The molecule has 0 aliphatic rings. The highest BCUT2D eigenvalue weighted by Gasteiger charge is 2.11. The average molecular weight is 431 g/mol. The zero-order chi connectivity index (χ0) is 17.5. The van der Waals surface area contributed by atoms with Crippen molar-refractivity contribution in [2.75, 3.05) is 18.5 Å². The van der Waals surface area contributed by atoms with Gasteiger partial charge in [0, 0.05) is 16.8 Å². The third-order valence-electron chi connectivity index (χ3n) is 2.80. The first-order valence-corrected chi connectivity index (χ1v) is 8.45. The van der Waals surface area contributed by atoms with Gasteiger partial charge >= 0.3 is 0 Å². The predicted octanol–water partition coefficient (Wildman–Crippen LogP) is 5.34. The maximum Gasteiger partial charge on any atom is 0.262 e. The molecule has 1 amide bonds. The molecule has 0 atom stereocenters. The van der Waals surface area contributed by atoms with Crippen LogP contribution in [0.3, 0.4) is 0 Å². The Morgan fingerprint density at radius 3 is 2.75 bits per heavy atom. The number of anilines is 1. The summed E-state index contributed by atoms with van der Waals surface area (Å²) < 4.78 is 11.4. The molecule has 2 rings (SSSR count). The Bertz CT molecular complexity index is 729. The van der Waals surface area contributed by atoms with Crippen molar-refractivity contribution in [3.8, 4) is 11.5 Å². The molecular formula is C17H14BrCl2NO3. The molecule has 0 radical (unpaired) electrons. The zero-order valence-electron chi connectivity index (χ0n) is 12.5. The second-order valence-corrected chi connectivity index (χ2v) is 6.36. The highest BCUT2D eigenvalue weighted by molar-refractivity contribution is 9.10. The summed E-state index contributed by atoms with van der Waals surface area (Å²) in [4.78, 5) is 12.0. The number of hydrogen-bond acceptors (Lipinski definition) is 3. The quantitative estimate of drug-likeness (QED) is 0.603. The fraction of sp³-hybridized carbons (Fsp3) is 0.118. The Balaban J connectivity index is 1.95. The molecule has 0 spiro atoms.